The maximum atomic E-state index is 12.6. The summed E-state index contributed by atoms with van der Waals surface area (Å²) in [4.78, 5) is 12.6. The van der Waals surface area contributed by atoms with Gasteiger partial charge < -0.3 is 5.73 Å². The molecule has 0 amide bonds. The van der Waals surface area contributed by atoms with Gasteiger partial charge in [0.1, 0.15) is 0 Å². The molecule has 0 fully saturated rings. The van der Waals surface area contributed by atoms with Crippen LogP contribution in [0.4, 0.5) is 5.69 Å². The normalized spacial score (nSPS) is 10.5. The number of ketones is 1. The predicted molar refractivity (Wildman–Crippen MR) is 79.9 cm³/mol. The standard InChI is InChI=1S/C16H16ClNO/c1-9-4-5-12(18)8-14(9)16(19)13-6-11(3)15(17)7-10(13)2/h4-8H,18H2,1-3H3. The number of hydrogen-bond acceptors (Lipinski definition) is 2. The van der Waals surface area contributed by atoms with E-state index in [0.717, 1.165) is 16.7 Å². The van der Waals surface area contributed by atoms with Crippen molar-refractivity contribution in [1.29, 1.82) is 0 Å². The fourth-order valence-corrected chi connectivity index (χ4v) is 2.27. The lowest BCUT2D eigenvalue weighted by Crippen LogP contribution is -2.07. The van der Waals surface area contributed by atoms with E-state index in [-0.39, 0.29) is 5.78 Å². The van der Waals surface area contributed by atoms with Crippen molar-refractivity contribution in [3.05, 3.63) is 63.2 Å². The van der Waals surface area contributed by atoms with Crippen LogP contribution in [0.15, 0.2) is 30.3 Å². The van der Waals surface area contributed by atoms with Gasteiger partial charge in [0.15, 0.2) is 5.78 Å². The smallest absolute Gasteiger partial charge is 0.193 e. The van der Waals surface area contributed by atoms with Gasteiger partial charge in [0.2, 0.25) is 0 Å². The lowest BCUT2D eigenvalue weighted by molar-refractivity contribution is 0.103. The summed E-state index contributed by atoms with van der Waals surface area (Å²) in [6.07, 6.45) is 0. The molecule has 0 saturated carbocycles. The summed E-state index contributed by atoms with van der Waals surface area (Å²) in [5.74, 6) is -0.0120. The molecule has 0 heterocycles. The zero-order valence-electron chi connectivity index (χ0n) is 11.3. The van der Waals surface area contributed by atoms with Crippen LogP contribution in [-0.4, -0.2) is 5.78 Å². The van der Waals surface area contributed by atoms with E-state index >= 15 is 0 Å². The Bertz CT molecular complexity index is 662. The van der Waals surface area contributed by atoms with E-state index in [0.29, 0.717) is 21.8 Å². The maximum absolute atomic E-state index is 12.6. The molecular weight excluding hydrogens is 258 g/mol. The first kappa shape index (κ1) is 13.6. The van der Waals surface area contributed by atoms with Crippen LogP contribution in [0.5, 0.6) is 0 Å². The number of anilines is 1. The summed E-state index contributed by atoms with van der Waals surface area (Å²) < 4.78 is 0. The highest BCUT2D eigenvalue weighted by atomic mass is 35.5. The second-order valence-corrected chi connectivity index (χ2v) is 5.23. The quantitative estimate of drug-likeness (QED) is 0.662. The number of rotatable bonds is 2. The van der Waals surface area contributed by atoms with Gasteiger partial charge in [-0.1, -0.05) is 17.7 Å². The van der Waals surface area contributed by atoms with Gasteiger partial charge in [-0.15, -0.1) is 0 Å². The first-order chi connectivity index (χ1) is 8.90. The third-order valence-electron chi connectivity index (χ3n) is 3.26. The SMILES string of the molecule is Cc1cc(C(=O)c2cc(N)ccc2C)c(C)cc1Cl. The molecule has 0 aromatic heterocycles. The molecule has 0 aliphatic heterocycles. The Labute approximate surface area is 118 Å². The van der Waals surface area contributed by atoms with Crippen LogP contribution >= 0.6 is 11.6 Å². The van der Waals surface area contributed by atoms with Crippen molar-refractivity contribution in [3.8, 4) is 0 Å². The van der Waals surface area contributed by atoms with E-state index in [2.05, 4.69) is 0 Å². The Morgan fingerprint density at radius 2 is 1.58 bits per heavy atom. The number of benzene rings is 2. The molecule has 0 aliphatic carbocycles. The molecule has 3 heteroatoms. The minimum absolute atomic E-state index is 0.0120. The number of nitrogen functional groups attached to an aromatic ring is 1. The average Bonchev–Trinajstić information content (AvgIpc) is 2.36. The topological polar surface area (TPSA) is 43.1 Å². The van der Waals surface area contributed by atoms with Gasteiger partial charge in [-0.3, -0.25) is 4.79 Å². The van der Waals surface area contributed by atoms with Crippen LogP contribution in [0.3, 0.4) is 0 Å². The van der Waals surface area contributed by atoms with Gasteiger partial charge in [0, 0.05) is 21.8 Å². The summed E-state index contributed by atoms with van der Waals surface area (Å²) in [5.41, 5.74) is 10.4. The van der Waals surface area contributed by atoms with E-state index in [4.69, 9.17) is 17.3 Å². The van der Waals surface area contributed by atoms with Crippen molar-refractivity contribution in [2.45, 2.75) is 20.8 Å². The van der Waals surface area contributed by atoms with Gasteiger partial charge in [0.25, 0.3) is 0 Å². The van der Waals surface area contributed by atoms with E-state index in [1.807, 2.05) is 39.0 Å². The van der Waals surface area contributed by atoms with Crippen molar-refractivity contribution in [2.24, 2.45) is 0 Å². The third kappa shape index (κ3) is 2.64. The lowest BCUT2D eigenvalue weighted by Gasteiger charge is -2.10. The molecule has 0 aliphatic rings. The number of carbonyl (C=O) groups excluding carboxylic acids is 1. The number of aryl methyl sites for hydroxylation is 3. The van der Waals surface area contributed by atoms with E-state index < -0.39 is 0 Å². The molecule has 0 saturated heterocycles. The molecule has 2 aromatic rings. The molecule has 0 radical (unpaired) electrons. The van der Waals surface area contributed by atoms with Gasteiger partial charge in [-0.05, 0) is 61.7 Å². The molecule has 2 N–H and O–H groups in total. The molecule has 2 aromatic carbocycles. The van der Waals surface area contributed by atoms with Gasteiger partial charge >= 0.3 is 0 Å². The van der Waals surface area contributed by atoms with E-state index in [9.17, 15) is 4.79 Å². The van der Waals surface area contributed by atoms with Crippen molar-refractivity contribution in [3.63, 3.8) is 0 Å². The molecule has 2 nitrogen and oxygen atoms in total. The fourth-order valence-electron chi connectivity index (χ4n) is 2.05. The zero-order valence-corrected chi connectivity index (χ0v) is 12.0. The summed E-state index contributed by atoms with van der Waals surface area (Å²) in [5, 5.41) is 0.679. The summed E-state index contributed by atoms with van der Waals surface area (Å²) in [6.45, 7) is 5.69. The highest BCUT2D eigenvalue weighted by Crippen LogP contribution is 2.24. The maximum Gasteiger partial charge on any atom is 0.193 e. The average molecular weight is 274 g/mol. The minimum Gasteiger partial charge on any atom is -0.399 e. The molecular formula is C16H16ClNO. The van der Waals surface area contributed by atoms with Crippen molar-refractivity contribution in [2.75, 3.05) is 5.73 Å². The van der Waals surface area contributed by atoms with E-state index in [1.165, 1.54) is 0 Å². The van der Waals surface area contributed by atoms with Gasteiger partial charge in [0.05, 0.1) is 0 Å². The molecule has 0 spiro atoms. The van der Waals surface area contributed by atoms with Crippen LogP contribution in [0.1, 0.15) is 32.6 Å². The second kappa shape index (κ2) is 5.06. The molecule has 0 bridgehead atoms. The Morgan fingerprint density at radius 1 is 0.947 bits per heavy atom. The summed E-state index contributed by atoms with van der Waals surface area (Å²) >= 11 is 6.06. The van der Waals surface area contributed by atoms with Crippen molar-refractivity contribution >= 4 is 23.1 Å². The summed E-state index contributed by atoms with van der Waals surface area (Å²) in [6, 6.07) is 9.04. The largest absolute Gasteiger partial charge is 0.399 e. The molecule has 98 valence electrons. The van der Waals surface area contributed by atoms with Crippen LogP contribution in [-0.2, 0) is 0 Å². The number of carbonyl (C=O) groups is 1. The van der Waals surface area contributed by atoms with Crippen molar-refractivity contribution < 1.29 is 4.79 Å². The van der Waals surface area contributed by atoms with Crippen LogP contribution in [0.25, 0.3) is 0 Å². The lowest BCUT2D eigenvalue weighted by atomic mass is 9.94. The molecule has 0 unspecified atom stereocenters. The fraction of sp³-hybridized carbons (Fsp3) is 0.188. The highest BCUT2D eigenvalue weighted by molar-refractivity contribution is 6.31. The molecule has 19 heavy (non-hydrogen) atoms. The Hall–Kier alpha value is -1.80. The number of halogens is 1. The number of hydrogen-bond donors (Lipinski definition) is 1. The van der Waals surface area contributed by atoms with Gasteiger partial charge in [-0.25, -0.2) is 0 Å². The Kier molecular flexibility index (Phi) is 3.63. The first-order valence-corrected chi connectivity index (χ1v) is 6.45. The summed E-state index contributed by atoms with van der Waals surface area (Å²) in [7, 11) is 0. The van der Waals surface area contributed by atoms with Crippen molar-refractivity contribution in [1.82, 2.24) is 0 Å². The first-order valence-electron chi connectivity index (χ1n) is 6.07. The van der Waals surface area contributed by atoms with Crippen LogP contribution in [0, 0.1) is 20.8 Å². The van der Waals surface area contributed by atoms with Gasteiger partial charge in [-0.2, -0.15) is 0 Å². The monoisotopic (exact) mass is 273 g/mol. The molecule has 2 rings (SSSR count). The highest BCUT2D eigenvalue weighted by Gasteiger charge is 2.15. The van der Waals surface area contributed by atoms with E-state index in [1.54, 1.807) is 12.1 Å². The predicted octanol–water partition coefficient (Wildman–Crippen LogP) is 4.08. The minimum atomic E-state index is -0.0120. The van der Waals surface area contributed by atoms with Crippen LogP contribution in [0.2, 0.25) is 5.02 Å². The van der Waals surface area contributed by atoms with Crippen LogP contribution < -0.4 is 5.73 Å². The Morgan fingerprint density at radius 3 is 2.26 bits per heavy atom. The number of nitrogens with two attached hydrogens (primary N) is 1. The second-order valence-electron chi connectivity index (χ2n) is 4.82. The molecule has 0 atom stereocenters. The Balaban J connectivity index is 2.56. The third-order valence-corrected chi connectivity index (χ3v) is 3.66. The zero-order chi connectivity index (χ0) is 14.2.